The number of halogens is 18. The molecule has 48 heavy (non-hydrogen) atoms. The largest absolute Gasteiger partial charge is 0.460 e. The monoisotopic (exact) mass is 730 g/mol. The Balaban J connectivity index is 2.18. The first-order valence-corrected chi connectivity index (χ1v) is 12.0. The number of alkyl halides is 18. The molecule has 0 fully saturated rings. The van der Waals surface area contributed by atoms with Crippen LogP contribution in [-0.2, 0) is 9.59 Å². The fourth-order valence-corrected chi connectivity index (χ4v) is 3.52. The third-order valence-electron chi connectivity index (χ3n) is 6.38. The molecule has 0 aromatic heterocycles. The van der Waals surface area contributed by atoms with Crippen LogP contribution in [0.4, 0.5) is 79.0 Å². The van der Waals surface area contributed by atoms with Gasteiger partial charge in [-0.25, -0.2) is 0 Å². The summed E-state index contributed by atoms with van der Waals surface area (Å²) in [5.74, 6) is -52.8. The highest BCUT2D eigenvalue weighted by Gasteiger charge is 2.84. The van der Waals surface area contributed by atoms with Crippen LogP contribution in [0.3, 0.4) is 0 Å². The van der Waals surface area contributed by atoms with Crippen LogP contribution < -0.4 is 0 Å². The molecule has 0 spiro atoms. The fourth-order valence-electron chi connectivity index (χ4n) is 3.52. The molecule has 0 saturated carbocycles. The van der Waals surface area contributed by atoms with Crippen molar-refractivity contribution in [3.05, 3.63) is 59.7 Å². The molecule has 0 N–H and O–H groups in total. The summed E-state index contributed by atoms with van der Waals surface area (Å²) in [5, 5.41) is 0. The van der Waals surface area contributed by atoms with Crippen LogP contribution in [0.25, 0.3) is 11.1 Å². The molecular weight excluding hydrogens is 718 g/mol. The maximum Gasteiger partial charge on any atom is 0.460 e. The van der Waals surface area contributed by atoms with Crippen LogP contribution in [0.15, 0.2) is 48.5 Å². The molecule has 0 unspecified atom stereocenters. The van der Waals surface area contributed by atoms with E-state index in [1.807, 2.05) is 0 Å². The second-order valence-electron chi connectivity index (χ2n) is 9.64. The van der Waals surface area contributed by atoms with Crippen LogP contribution in [0.1, 0.15) is 33.6 Å². The zero-order valence-corrected chi connectivity index (χ0v) is 22.5. The topological polar surface area (TPSA) is 68.3 Å². The van der Waals surface area contributed by atoms with Crippen LogP contribution in [-0.4, -0.2) is 71.0 Å². The molecule has 2 aromatic carbocycles. The van der Waals surface area contributed by atoms with Gasteiger partial charge in [-0.3, -0.25) is 19.2 Å². The van der Waals surface area contributed by atoms with E-state index in [1.54, 1.807) is 0 Å². The summed E-state index contributed by atoms with van der Waals surface area (Å²) in [6.07, 6.45) is -19.0. The molecule has 0 heterocycles. The van der Waals surface area contributed by atoms with Gasteiger partial charge < -0.3 is 0 Å². The Morgan fingerprint density at radius 1 is 0.375 bits per heavy atom. The van der Waals surface area contributed by atoms with Gasteiger partial charge in [0.05, 0.1) is 12.8 Å². The molecule has 2 rings (SSSR count). The Morgan fingerprint density at radius 2 is 0.604 bits per heavy atom. The summed E-state index contributed by atoms with van der Waals surface area (Å²) in [5.41, 5.74) is -1.49. The van der Waals surface area contributed by atoms with E-state index >= 15 is 0 Å². The van der Waals surface area contributed by atoms with Crippen molar-refractivity contribution in [1.82, 2.24) is 0 Å². The van der Waals surface area contributed by atoms with E-state index in [-0.39, 0.29) is 11.1 Å². The molecule has 22 heteroatoms. The minimum Gasteiger partial charge on any atom is -0.294 e. The Labute approximate surface area is 253 Å². The van der Waals surface area contributed by atoms with Gasteiger partial charge in [0, 0.05) is 11.1 Å². The van der Waals surface area contributed by atoms with Crippen molar-refractivity contribution in [2.75, 3.05) is 0 Å². The maximum atomic E-state index is 13.7. The zero-order valence-electron chi connectivity index (χ0n) is 22.5. The third kappa shape index (κ3) is 6.74. The quantitative estimate of drug-likeness (QED) is 0.118. The predicted molar refractivity (Wildman–Crippen MR) is 122 cm³/mol. The molecule has 2 aromatic rings. The van der Waals surface area contributed by atoms with Crippen molar-refractivity contribution >= 4 is 23.1 Å². The van der Waals surface area contributed by atoms with Gasteiger partial charge in [0.25, 0.3) is 0 Å². The molecule has 4 nitrogen and oxygen atoms in total. The zero-order chi connectivity index (χ0) is 37.7. The number of hydrogen-bond acceptors (Lipinski definition) is 4. The highest BCUT2D eigenvalue weighted by atomic mass is 19.4. The van der Waals surface area contributed by atoms with Gasteiger partial charge >= 0.3 is 47.9 Å². The fraction of sp³-hybridized carbons (Fsp3) is 0.385. The number of benzene rings is 2. The van der Waals surface area contributed by atoms with E-state index in [0.717, 1.165) is 24.3 Å². The molecular formula is C26H12F18O4. The van der Waals surface area contributed by atoms with Gasteiger partial charge in [-0.05, 0) is 11.1 Å². The number of carbonyl (C=O) groups is 4. The summed E-state index contributed by atoms with van der Waals surface area (Å²) in [6.45, 7) is 0. The molecule has 266 valence electrons. The smallest absolute Gasteiger partial charge is 0.294 e. The number of ketones is 4. The van der Waals surface area contributed by atoms with Crippen LogP contribution in [0.5, 0.6) is 0 Å². The minimum absolute atomic E-state index is 0.00445. The van der Waals surface area contributed by atoms with E-state index in [9.17, 15) is 98.2 Å². The van der Waals surface area contributed by atoms with Gasteiger partial charge in [-0.2, -0.15) is 79.0 Å². The lowest BCUT2D eigenvalue weighted by Gasteiger charge is -2.32. The van der Waals surface area contributed by atoms with Crippen LogP contribution >= 0.6 is 0 Å². The van der Waals surface area contributed by atoms with Crippen LogP contribution in [0.2, 0.25) is 0 Å². The molecule has 0 saturated heterocycles. The Morgan fingerprint density at radius 3 is 0.812 bits per heavy atom. The van der Waals surface area contributed by atoms with Crippen molar-refractivity contribution in [1.29, 1.82) is 0 Å². The van der Waals surface area contributed by atoms with Gasteiger partial charge in [0.15, 0.2) is 11.6 Å². The summed E-state index contributed by atoms with van der Waals surface area (Å²) >= 11 is 0. The second-order valence-corrected chi connectivity index (χ2v) is 9.64. The normalized spacial score (nSPS) is 14.1. The number of hydrogen-bond donors (Lipinski definition) is 0. The standard InChI is InChI=1S/C26H12F18O4/c27-19(28,21(31,32)23(35,36)25(39,40)41)17(47)9-15(45)13-5-1-11(2-6-13)12-3-7-14(8-4-12)16(46)10-18(48)20(29,30)22(33,34)24(37,38)26(42,43)44/h1-8H,9-10H2. The SMILES string of the molecule is O=C(CC(=O)C(F)(F)C(F)(F)C(F)(F)C(F)(F)F)c1ccc(-c2ccc(C(=O)CC(=O)C(F)(F)C(F)(F)C(F)(F)C(F)(F)F)cc2)cc1. The minimum atomic E-state index is -7.38. The summed E-state index contributed by atoms with van der Waals surface area (Å²) < 4.78 is 234. The van der Waals surface area contributed by atoms with Gasteiger partial charge in [0.1, 0.15) is 0 Å². The predicted octanol–water partition coefficient (Wildman–Crippen LogP) is 8.57. The summed E-state index contributed by atoms with van der Waals surface area (Å²) in [4.78, 5) is 47.3. The van der Waals surface area contributed by atoms with Gasteiger partial charge in [0.2, 0.25) is 11.6 Å². The van der Waals surface area contributed by atoms with Crippen molar-refractivity contribution in [2.24, 2.45) is 0 Å². The van der Waals surface area contributed by atoms with Gasteiger partial charge in [-0.1, -0.05) is 48.5 Å². The highest BCUT2D eigenvalue weighted by molar-refractivity contribution is 6.11. The molecule has 0 aliphatic rings. The van der Waals surface area contributed by atoms with E-state index in [1.165, 1.54) is 0 Å². The third-order valence-corrected chi connectivity index (χ3v) is 6.38. The van der Waals surface area contributed by atoms with E-state index in [4.69, 9.17) is 0 Å². The lowest BCUT2D eigenvalue weighted by Crippen LogP contribution is -2.63. The van der Waals surface area contributed by atoms with Gasteiger partial charge in [-0.15, -0.1) is 0 Å². The Kier molecular flexibility index (Phi) is 10.3. The maximum absolute atomic E-state index is 13.7. The molecule has 0 radical (unpaired) electrons. The number of carbonyl (C=O) groups excluding carboxylic acids is 4. The van der Waals surface area contributed by atoms with Crippen LogP contribution in [0, 0.1) is 0 Å². The van der Waals surface area contributed by atoms with Crippen molar-refractivity contribution in [3.8, 4) is 11.1 Å². The lowest BCUT2D eigenvalue weighted by atomic mass is 9.94. The van der Waals surface area contributed by atoms with Crippen molar-refractivity contribution < 1.29 is 98.2 Å². The lowest BCUT2D eigenvalue weighted by molar-refractivity contribution is -0.388. The van der Waals surface area contributed by atoms with E-state index in [2.05, 4.69) is 0 Å². The highest BCUT2D eigenvalue weighted by Crippen LogP contribution is 2.55. The molecule has 0 amide bonds. The molecule has 0 atom stereocenters. The first-order valence-electron chi connectivity index (χ1n) is 12.0. The molecule has 0 aliphatic heterocycles. The molecule has 0 bridgehead atoms. The number of rotatable bonds is 13. The van der Waals surface area contributed by atoms with Crippen molar-refractivity contribution in [3.63, 3.8) is 0 Å². The average molecular weight is 730 g/mol. The number of Topliss-reactive ketones (excluding diaryl/α,β-unsaturated/α-hetero) is 4. The van der Waals surface area contributed by atoms with E-state index < -0.39 is 95.0 Å². The first kappa shape index (κ1) is 40.0. The summed E-state index contributed by atoms with van der Waals surface area (Å²) in [7, 11) is 0. The van der Waals surface area contributed by atoms with E-state index in [0.29, 0.717) is 24.3 Å². The Hall–Kier alpha value is -4.14. The van der Waals surface area contributed by atoms with Crippen molar-refractivity contribution in [2.45, 2.75) is 60.7 Å². The Bertz CT molecular complexity index is 1440. The molecule has 0 aliphatic carbocycles. The average Bonchev–Trinajstić information content (AvgIpc) is 2.95. The second kappa shape index (κ2) is 12.4. The summed E-state index contributed by atoms with van der Waals surface area (Å²) in [6, 6.07) is 6.53. The first-order chi connectivity index (χ1) is 21.3.